The van der Waals surface area contributed by atoms with Crippen LogP contribution in [0.1, 0.15) is 91.9 Å². The highest BCUT2D eigenvalue weighted by Gasteiger charge is 2.55. The molecule has 1 heterocycles. The Kier molecular flexibility index (Phi) is 9.29. The monoisotopic (exact) mass is 491 g/mol. The Morgan fingerprint density at radius 1 is 0.800 bits per heavy atom. The van der Waals surface area contributed by atoms with Crippen molar-refractivity contribution in [2.75, 3.05) is 13.2 Å². The molecule has 2 nitrogen and oxygen atoms in total. The molecule has 4 rings (SSSR count). The molecule has 0 N–H and O–H groups in total. The van der Waals surface area contributed by atoms with Crippen LogP contribution in [0.4, 0.5) is 0 Å². The Bertz CT molecular complexity index is 832. The van der Waals surface area contributed by atoms with Crippen LogP contribution >= 0.6 is 0 Å². The van der Waals surface area contributed by atoms with Gasteiger partial charge in [0.1, 0.15) is 0 Å². The van der Waals surface area contributed by atoms with E-state index in [-0.39, 0.29) is 5.04 Å². The molecule has 3 atom stereocenters. The first-order valence-corrected chi connectivity index (χ1v) is 16.4. The number of benzene rings is 2. The van der Waals surface area contributed by atoms with Crippen molar-refractivity contribution >= 4 is 18.7 Å². The zero-order chi connectivity index (χ0) is 24.7. The highest BCUT2D eigenvalue weighted by molar-refractivity contribution is 6.99. The van der Waals surface area contributed by atoms with Crippen LogP contribution in [0, 0.1) is 5.92 Å². The van der Waals surface area contributed by atoms with E-state index in [2.05, 4.69) is 93.3 Å². The van der Waals surface area contributed by atoms with Crippen LogP contribution in [0.25, 0.3) is 0 Å². The van der Waals surface area contributed by atoms with Gasteiger partial charge < -0.3 is 4.43 Å². The van der Waals surface area contributed by atoms with E-state index in [9.17, 15) is 0 Å². The van der Waals surface area contributed by atoms with Crippen molar-refractivity contribution in [3.05, 3.63) is 60.7 Å². The lowest BCUT2D eigenvalue weighted by Crippen LogP contribution is -2.67. The second-order valence-corrected chi connectivity index (χ2v) is 16.4. The molecule has 3 unspecified atom stereocenters. The first-order valence-electron chi connectivity index (χ1n) is 14.5. The molecule has 2 aromatic rings. The summed E-state index contributed by atoms with van der Waals surface area (Å²) in [5, 5.41) is 2.86. The predicted molar refractivity (Wildman–Crippen MR) is 153 cm³/mol. The molecule has 0 bridgehead atoms. The van der Waals surface area contributed by atoms with E-state index in [0.717, 1.165) is 18.6 Å². The second-order valence-electron chi connectivity index (χ2n) is 12.1. The van der Waals surface area contributed by atoms with Crippen molar-refractivity contribution in [1.29, 1.82) is 0 Å². The van der Waals surface area contributed by atoms with Crippen LogP contribution in [0.5, 0.6) is 0 Å². The van der Waals surface area contributed by atoms with Gasteiger partial charge in [-0.3, -0.25) is 4.90 Å². The standard InChI is InChI=1S/C32H49NOSi/c1-5-6-7-8-18-25-33-30(31(33)27-19-12-9-13-20-27)26-34-35(32(2,3)4,28-21-14-10-15-22-28)29-23-16-11-17-24-29/h10-11,14-17,21-24,27,30-31H,5-9,12-13,18-20,25-26H2,1-4H3. The minimum Gasteiger partial charge on any atom is -0.406 e. The van der Waals surface area contributed by atoms with Crippen molar-refractivity contribution in [2.24, 2.45) is 5.92 Å². The number of nitrogens with zero attached hydrogens (tertiary/aromatic N) is 1. The third kappa shape index (κ3) is 6.11. The number of hydrogen-bond acceptors (Lipinski definition) is 2. The van der Waals surface area contributed by atoms with Gasteiger partial charge in [0, 0.05) is 12.1 Å². The summed E-state index contributed by atoms with van der Waals surface area (Å²) in [5.74, 6) is 0.882. The van der Waals surface area contributed by atoms with Crippen molar-refractivity contribution in [1.82, 2.24) is 4.90 Å². The maximum atomic E-state index is 7.38. The minimum absolute atomic E-state index is 0.0515. The summed E-state index contributed by atoms with van der Waals surface area (Å²) in [6.45, 7) is 11.6. The van der Waals surface area contributed by atoms with Crippen molar-refractivity contribution < 1.29 is 4.43 Å². The van der Waals surface area contributed by atoms with E-state index in [1.54, 1.807) is 0 Å². The second kappa shape index (κ2) is 12.2. The Morgan fingerprint density at radius 2 is 1.37 bits per heavy atom. The topological polar surface area (TPSA) is 12.2 Å². The van der Waals surface area contributed by atoms with Crippen molar-refractivity contribution in [2.45, 2.75) is 109 Å². The molecule has 2 fully saturated rings. The van der Waals surface area contributed by atoms with Gasteiger partial charge in [0.05, 0.1) is 6.61 Å². The molecule has 0 spiro atoms. The fraction of sp³-hybridized carbons (Fsp3) is 0.625. The maximum Gasteiger partial charge on any atom is 0.261 e. The van der Waals surface area contributed by atoms with E-state index in [1.807, 2.05) is 0 Å². The van der Waals surface area contributed by atoms with Crippen LogP contribution < -0.4 is 10.4 Å². The van der Waals surface area contributed by atoms with Crippen LogP contribution in [-0.2, 0) is 4.43 Å². The average molecular weight is 492 g/mol. The summed E-state index contributed by atoms with van der Waals surface area (Å²) in [4.78, 5) is 2.83. The molecule has 192 valence electrons. The molecule has 1 aliphatic heterocycles. The van der Waals surface area contributed by atoms with Gasteiger partial charge in [-0.15, -0.1) is 0 Å². The third-order valence-electron chi connectivity index (χ3n) is 8.65. The SMILES string of the molecule is CCCCCCCN1C(CO[Si](c2ccccc2)(c2ccccc2)C(C)(C)C)C1C1CCCCC1. The summed E-state index contributed by atoms with van der Waals surface area (Å²) in [6, 6.07) is 23.7. The molecule has 0 aromatic heterocycles. The fourth-order valence-corrected chi connectivity index (χ4v) is 11.4. The van der Waals surface area contributed by atoms with E-state index >= 15 is 0 Å². The molecule has 3 heteroatoms. The van der Waals surface area contributed by atoms with E-state index in [4.69, 9.17) is 4.43 Å². The van der Waals surface area contributed by atoms with Crippen LogP contribution in [-0.4, -0.2) is 38.5 Å². The average Bonchev–Trinajstić information content (AvgIpc) is 3.58. The zero-order valence-corrected chi connectivity index (χ0v) is 23.8. The molecular formula is C32H49NOSi. The van der Waals surface area contributed by atoms with Gasteiger partial charge in [0.2, 0.25) is 0 Å². The largest absolute Gasteiger partial charge is 0.406 e. The highest BCUT2D eigenvalue weighted by Crippen LogP contribution is 2.43. The maximum absolute atomic E-state index is 7.38. The van der Waals surface area contributed by atoms with Crippen molar-refractivity contribution in [3.63, 3.8) is 0 Å². The Morgan fingerprint density at radius 3 is 1.91 bits per heavy atom. The van der Waals surface area contributed by atoms with Gasteiger partial charge in [-0.2, -0.15) is 0 Å². The molecule has 2 aromatic carbocycles. The quantitative estimate of drug-likeness (QED) is 0.177. The van der Waals surface area contributed by atoms with E-state index < -0.39 is 8.32 Å². The molecule has 0 radical (unpaired) electrons. The van der Waals surface area contributed by atoms with Gasteiger partial charge >= 0.3 is 0 Å². The third-order valence-corrected chi connectivity index (χ3v) is 13.7. The number of unbranched alkanes of at least 4 members (excludes halogenated alkanes) is 4. The van der Waals surface area contributed by atoms with E-state index in [1.165, 1.54) is 81.1 Å². The first-order chi connectivity index (χ1) is 17.0. The lowest BCUT2D eigenvalue weighted by atomic mass is 9.86. The summed E-state index contributed by atoms with van der Waals surface area (Å²) in [5.41, 5.74) is 0. The molecule has 2 aliphatic rings. The molecule has 1 saturated heterocycles. The van der Waals surface area contributed by atoms with Crippen LogP contribution in [0.3, 0.4) is 0 Å². The molecular weight excluding hydrogens is 442 g/mol. The Balaban J connectivity index is 1.55. The first kappa shape index (κ1) is 26.6. The van der Waals surface area contributed by atoms with Gasteiger partial charge in [0.25, 0.3) is 8.32 Å². The number of rotatable bonds is 12. The zero-order valence-electron chi connectivity index (χ0n) is 22.8. The Labute approximate surface area is 216 Å². The molecule has 0 amide bonds. The fourth-order valence-electron chi connectivity index (χ4n) is 6.79. The smallest absolute Gasteiger partial charge is 0.261 e. The molecule has 35 heavy (non-hydrogen) atoms. The van der Waals surface area contributed by atoms with Gasteiger partial charge in [-0.1, -0.05) is 133 Å². The van der Waals surface area contributed by atoms with Crippen molar-refractivity contribution in [3.8, 4) is 0 Å². The summed E-state index contributed by atoms with van der Waals surface area (Å²) in [7, 11) is -2.46. The lowest BCUT2D eigenvalue weighted by Gasteiger charge is -2.43. The summed E-state index contributed by atoms with van der Waals surface area (Å²) in [6.07, 6.45) is 13.9. The summed E-state index contributed by atoms with van der Waals surface area (Å²) >= 11 is 0. The van der Waals surface area contributed by atoms with Gasteiger partial charge in [-0.05, 0) is 47.1 Å². The summed E-state index contributed by atoms with van der Waals surface area (Å²) < 4.78 is 7.38. The van der Waals surface area contributed by atoms with Crippen LogP contribution in [0.15, 0.2) is 60.7 Å². The van der Waals surface area contributed by atoms with Gasteiger partial charge in [-0.25, -0.2) is 0 Å². The van der Waals surface area contributed by atoms with Gasteiger partial charge in [0.15, 0.2) is 0 Å². The molecule has 1 aliphatic carbocycles. The van der Waals surface area contributed by atoms with Crippen LogP contribution in [0.2, 0.25) is 5.04 Å². The minimum atomic E-state index is -2.46. The lowest BCUT2D eigenvalue weighted by molar-refractivity contribution is 0.276. The van der Waals surface area contributed by atoms with E-state index in [0.29, 0.717) is 6.04 Å². The predicted octanol–water partition coefficient (Wildman–Crippen LogP) is 7.17. The highest BCUT2D eigenvalue weighted by atomic mass is 28.4. The molecule has 1 saturated carbocycles. The normalized spacial score (nSPS) is 23.4. The number of hydrogen-bond donors (Lipinski definition) is 0. The Hall–Kier alpha value is -1.42.